The monoisotopic (exact) mass is 503 g/mol. The summed E-state index contributed by atoms with van der Waals surface area (Å²) in [5.74, 6) is 2.25. The van der Waals surface area contributed by atoms with Crippen LogP contribution in [0.15, 0.2) is 66.0 Å². The van der Waals surface area contributed by atoms with Gasteiger partial charge in [0.15, 0.2) is 23.3 Å². The Morgan fingerprint density at radius 3 is 2.62 bits per heavy atom. The van der Waals surface area contributed by atoms with E-state index in [1.807, 2.05) is 70.6 Å². The average molecular weight is 503 g/mol. The lowest BCUT2D eigenvalue weighted by Gasteiger charge is -2.11. The van der Waals surface area contributed by atoms with Crippen LogP contribution in [0.3, 0.4) is 0 Å². The minimum Gasteiger partial charge on any atom is -0.357 e. The summed E-state index contributed by atoms with van der Waals surface area (Å²) < 4.78 is 3.88. The van der Waals surface area contributed by atoms with Gasteiger partial charge >= 0.3 is 0 Å². The Kier molecular flexibility index (Phi) is 7.11. The van der Waals surface area contributed by atoms with Crippen LogP contribution in [-0.4, -0.2) is 41.9 Å². The SMILES string of the molecule is CCNC(=NCc1nncn1-c1ccccc1)NCc1nnc2ccccn12.I. The number of hydrogen-bond acceptors (Lipinski definition) is 5. The van der Waals surface area contributed by atoms with E-state index in [2.05, 4.69) is 36.0 Å². The molecule has 0 radical (unpaired) electrons. The predicted octanol–water partition coefficient (Wildman–Crippen LogP) is 2.18. The Bertz CT molecular complexity index is 1070. The van der Waals surface area contributed by atoms with Crippen molar-refractivity contribution in [3.05, 3.63) is 72.7 Å². The predicted molar refractivity (Wildman–Crippen MR) is 121 cm³/mol. The molecule has 0 fully saturated rings. The number of halogens is 1. The van der Waals surface area contributed by atoms with Crippen LogP contribution in [-0.2, 0) is 13.1 Å². The average Bonchev–Trinajstić information content (AvgIpc) is 3.38. The van der Waals surface area contributed by atoms with Gasteiger partial charge in [0.25, 0.3) is 0 Å². The molecule has 0 aliphatic rings. The van der Waals surface area contributed by atoms with Crippen LogP contribution >= 0.6 is 24.0 Å². The van der Waals surface area contributed by atoms with E-state index in [0.717, 1.165) is 29.5 Å². The third-order valence-electron chi connectivity index (χ3n) is 4.17. The first kappa shape index (κ1) is 20.7. The molecule has 150 valence electrons. The molecule has 0 saturated heterocycles. The molecule has 4 rings (SSSR count). The summed E-state index contributed by atoms with van der Waals surface area (Å²) in [5, 5.41) is 23.2. The fourth-order valence-electron chi connectivity index (χ4n) is 2.84. The highest BCUT2D eigenvalue weighted by Crippen LogP contribution is 2.09. The van der Waals surface area contributed by atoms with Gasteiger partial charge in [-0.3, -0.25) is 8.97 Å². The van der Waals surface area contributed by atoms with Crippen LogP contribution in [0.2, 0.25) is 0 Å². The first-order chi connectivity index (χ1) is 13.8. The van der Waals surface area contributed by atoms with Gasteiger partial charge in [-0.25, -0.2) is 4.99 Å². The van der Waals surface area contributed by atoms with Gasteiger partial charge in [0, 0.05) is 18.4 Å². The summed E-state index contributed by atoms with van der Waals surface area (Å²) in [7, 11) is 0. The second-order valence-electron chi connectivity index (χ2n) is 6.05. The largest absolute Gasteiger partial charge is 0.357 e. The fourth-order valence-corrected chi connectivity index (χ4v) is 2.84. The summed E-state index contributed by atoms with van der Waals surface area (Å²) >= 11 is 0. The van der Waals surface area contributed by atoms with Crippen LogP contribution in [0, 0.1) is 0 Å². The Hall–Kier alpha value is -3.02. The maximum atomic E-state index is 4.64. The minimum absolute atomic E-state index is 0. The zero-order valence-corrected chi connectivity index (χ0v) is 18.3. The molecular formula is C19H22IN9. The number of guanidine groups is 1. The Labute approximate surface area is 185 Å². The van der Waals surface area contributed by atoms with Crippen LogP contribution < -0.4 is 10.6 Å². The molecule has 1 aromatic carbocycles. The maximum absolute atomic E-state index is 4.64. The molecule has 0 aliphatic carbocycles. The van der Waals surface area contributed by atoms with E-state index in [0.29, 0.717) is 19.0 Å². The molecule has 3 heterocycles. The number of aliphatic imine (C=N–C) groups is 1. The second kappa shape index (κ2) is 9.96. The molecule has 0 saturated carbocycles. The molecule has 0 amide bonds. The van der Waals surface area contributed by atoms with Crippen molar-refractivity contribution >= 4 is 35.6 Å². The third-order valence-corrected chi connectivity index (χ3v) is 4.17. The number of benzene rings is 1. The van der Waals surface area contributed by atoms with E-state index >= 15 is 0 Å². The maximum Gasteiger partial charge on any atom is 0.192 e. The molecule has 0 unspecified atom stereocenters. The number of rotatable bonds is 6. The van der Waals surface area contributed by atoms with Gasteiger partial charge in [0.1, 0.15) is 12.9 Å². The highest BCUT2D eigenvalue weighted by molar-refractivity contribution is 14.0. The van der Waals surface area contributed by atoms with Crippen molar-refractivity contribution in [2.45, 2.75) is 20.0 Å². The van der Waals surface area contributed by atoms with Crippen molar-refractivity contribution in [1.29, 1.82) is 0 Å². The second-order valence-corrected chi connectivity index (χ2v) is 6.05. The minimum atomic E-state index is 0. The van der Waals surface area contributed by atoms with E-state index in [-0.39, 0.29) is 24.0 Å². The van der Waals surface area contributed by atoms with E-state index in [9.17, 15) is 0 Å². The molecule has 3 aromatic heterocycles. The van der Waals surface area contributed by atoms with Crippen LogP contribution in [0.25, 0.3) is 11.3 Å². The molecule has 9 nitrogen and oxygen atoms in total. The van der Waals surface area contributed by atoms with Crippen molar-refractivity contribution in [3.8, 4) is 5.69 Å². The van der Waals surface area contributed by atoms with E-state index in [1.165, 1.54) is 0 Å². The Balaban J connectivity index is 0.00000240. The molecule has 0 aliphatic heterocycles. The molecule has 29 heavy (non-hydrogen) atoms. The van der Waals surface area contributed by atoms with E-state index in [4.69, 9.17) is 0 Å². The Morgan fingerprint density at radius 1 is 0.966 bits per heavy atom. The third kappa shape index (κ3) is 4.88. The van der Waals surface area contributed by atoms with Crippen LogP contribution in [0.4, 0.5) is 0 Å². The molecule has 10 heteroatoms. The standard InChI is InChI=1S/C19H21N9.HI/c1-2-20-19(22-13-18-26-25-16-10-6-7-11-27(16)18)21-12-17-24-23-14-28(17)15-8-4-3-5-9-15;/h3-11,14H,2,12-13H2,1H3,(H2,20,21,22);1H. The van der Waals surface area contributed by atoms with Gasteiger partial charge in [-0.1, -0.05) is 24.3 Å². The Morgan fingerprint density at radius 2 is 1.79 bits per heavy atom. The molecule has 0 bridgehead atoms. The van der Waals surface area contributed by atoms with Crippen molar-refractivity contribution in [1.82, 2.24) is 40.0 Å². The number of pyridine rings is 1. The number of fused-ring (bicyclic) bond motifs is 1. The van der Waals surface area contributed by atoms with E-state index in [1.54, 1.807) is 6.33 Å². The summed E-state index contributed by atoms with van der Waals surface area (Å²) in [4.78, 5) is 4.64. The summed E-state index contributed by atoms with van der Waals surface area (Å²) in [6.07, 6.45) is 3.64. The van der Waals surface area contributed by atoms with Gasteiger partial charge in [-0.05, 0) is 31.2 Å². The summed E-state index contributed by atoms with van der Waals surface area (Å²) in [6, 6.07) is 15.8. The highest BCUT2D eigenvalue weighted by atomic mass is 127. The zero-order chi connectivity index (χ0) is 19.2. The topological polar surface area (TPSA) is 97.3 Å². The van der Waals surface area contributed by atoms with Crippen LogP contribution in [0.1, 0.15) is 18.6 Å². The van der Waals surface area contributed by atoms with Gasteiger partial charge in [-0.15, -0.1) is 44.4 Å². The number of para-hydroxylation sites is 1. The molecule has 0 spiro atoms. The summed E-state index contributed by atoms with van der Waals surface area (Å²) in [6.45, 7) is 3.67. The normalized spacial score (nSPS) is 11.3. The molecule has 4 aromatic rings. The number of nitrogens with zero attached hydrogens (tertiary/aromatic N) is 7. The quantitative estimate of drug-likeness (QED) is 0.238. The number of nitrogens with one attached hydrogen (secondary N) is 2. The van der Waals surface area contributed by atoms with Crippen molar-refractivity contribution < 1.29 is 0 Å². The zero-order valence-electron chi connectivity index (χ0n) is 15.9. The number of hydrogen-bond donors (Lipinski definition) is 2. The number of aromatic nitrogens is 6. The lowest BCUT2D eigenvalue weighted by atomic mass is 10.3. The molecule has 0 atom stereocenters. The van der Waals surface area contributed by atoms with Crippen molar-refractivity contribution in [2.75, 3.05) is 6.54 Å². The first-order valence-corrected chi connectivity index (χ1v) is 9.10. The van der Waals surface area contributed by atoms with Crippen LogP contribution in [0.5, 0.6) is 0 Å². The van der Waals surface area contributed by atoms with Gasteiger partial charge in [0.2, 0.25) is 0 Å². The highest BCUT2D eigenvalue weighted by Gasteiger charge is 2.08. The van der Waals surface area contributed by atoms with Crippen molar-refractivity contribution in [3.63, 3.8) is 0 Å². The van der Waals surface area contributed by atoms with Gasteiger partial charge < -0.3 is 10.6 Å². The fraction of sp³-hybridized carbons (Fsp3) is 0.211. The lowest BCUT2D eigenvalue weighted by Crippen LogP contribution is -2.37. The van der Waals surface area contributed by atoms with E-state index < -0.39 is 0 Å². The molecule has 2 N–H and O–H groups in total. The lowest BCUT2D eigenvalue weighted by molar-refractivity contribution is 0.757. The first-order valence-electron chi connectivity index (χ1n) is 9.10. The van der Waals surface area contributed by atoms with Gasteiger partial charge in [0.05, 0.1) is 6.54 Å². The van der Waals surface area contributed by atoms with Gasteiger partial charge in [-0.2, -0.15) is 0 Å². The smallest absolute Gasteiger partial charge is 0.192 e. The van der Waals surface area contributed by atoms with Crippen molar-refractivity contribution in [2.24, 2.45) is 4.99 Å². The summed E-state index contributed by atoms with van der Waals surface area (Å²) in [5.41, 5.74) is 1.82. The molecular weight excluding hydrogens is 481 g/mol.